The fourth-order valence-corrected chi connectivity index (χ4v) is 2.03. The predicted octanol–water partition coefficient (Wildman–Crippen LogP) is 0.916. The van der Waals surface area contributed by atoms with Crippen LogP contribution in [-0.2, 0) is 9.53 Å². The van der Waals surface area contributed by atoms with Gasteiger partial charge in [-0.3, -0.25) is 4.79 Å². The van der Waals surface area contributed by atoms with Crippen molar-refractivity contribution in [3.63, 3.8) is 0 Å². The highest BCUT2D eigenvalue weighted by atomic mass is 16.5. The number of hydrogen-bond acceptors (Lipinski definition) is 4. The van der Waals surface area contributed by atoms with Gasteiger partial charge < -0.3 is 25.2 Å². The molecule has 124 valence electrons. The molecule has 7 heteroatoms. The lowest BCUT2D eigenvalue weighted by Gasteiger charge is -2.29. The molecule has 0 rings (SSSR count). The molecule has 2 amide bonds. The highest BCUT2D eigenvalue weighted by Crippen LogP contribution is 2.22. The van der Waals surface area contributed by atoms with Gasteiger partial charge in [-0.1, -0.05) is 20.8 Å². The van der Waals surface area contributed by atoms with E-state index in [4.69, 9.17) is 14.9 Å². The van der Waals surface area contributed by atoms with Crippen molar-refractivity contribution in [1.82, 2.24) is 10.2 Å². The van der Waals surface area contributed by atoms with Crippen LogP contribution in [-0.4, -0.2) is 66.6 Å². The van der Waals surface area contributed by atoms with Crippen molar-refractivity contribution in [2.75, 3.05) is 33.4 Å². The molecular formula is C14H28N2O5. The maximum Gasteiger partial charge on any atom is 0.317 e. The number of methoxy groups -OCH3 is 1. The highest BCUT2D eigenvalue weighted by Gasteiger charge is 2.24. The van der Waals surface area contributed by atoms with Crippen LogP contribution in [0.1, 0.15) is 33.6 Å². The van der Waals surface area contributed by atoms with Gasteiger partial charge in [-0.25, -0.2) is 4.79 Å². The van der Waals surface area contributed by atoms with Gasteiger partial charge in [0, 0.05) is 26.2 Å². The predicted molar refractivity (Wildman–Crippen MR) is 79.2 cm³/mol. The second-order valence-electron chi connectivity index (χ2n) is 6.21. The fourth-order valence-electron chi connectivity index (χ4n) is 2.03. The maximum absolute atomic E-state index is 12.2. The van der Waals surface area contributed by atoms with Crippen molar-refractivity contribution in [3.8, 4) is 0 Å². The molecule has 0 aliphatic rings. The van der Waals surface area contributed by atoms with Crippen LogP contribution < -0.4 is 5.32 Å². The smallest absolute Gasteiger partial charge is 0.317 e. The number of nitrogens with one attached hydrogen (secondary N) is 1. The van der Waals surface area contributed by atoms with E-state index in [9.17, 15) is 9.59 Å². The van der Waals surface area contributed by atoms with Crippen molar-refractivity contribution in [2.24, 2.45) is 5.41 Å². The summed E-state index contributed by atoms with van der Waals surface area (Å²) in [6, 6.07) is -0.824. The summed E-state index contributed by atoms with van der Waals surface area (Å²) in [6.07, 6.45) is 0.433. The molecule has 0 bridgehead atoms. The summed E-state index contributed by atoms with van der Waals surface area (Å²) in [5.74, 6) is -0.949. The van der Waals surface area contributed by atoms with Gasteiger partial charge in [0.05, 0.1) is 19.6 Å². The fraction of sp³-hybridized carbons (Fsp3) is 0.857. The first kappa shape index (κ1) is 19.7. The average molecular weight is 304 g/mol. The molecule has 21 heavy (non-hydrogen) atoms. The number of aliphatic carboxylic acids is 1. The summed E-state index contributed by atoms with van der Waals surface area (Å²) >= 11 is 0. The van der Waals surface area contributed by atoms with Crippen molar-refractivity contribution in [3.05, 3.63) is 0 Å². The van der Waals surface area contributed by atoms with Crippen molar-refractivity contribution >= 4 is 12.0 Å². The zero-order valence-corrected chi connectivity index (χ0v) is 13.4. The van der Waals surface area contributed by atoms with E-state index < -0.39 is 12.0 Å². The number of carboxylic acid groups (broad SMARTS) is 1. The van der Waals surface area contributed by atoms with Gasteiger partial charge in [-0.2, -0.15) is 0 Å². The van der Waals surface area contributed by atoms with Gasteiger partial charge in [0.1, 0.15) is 0 Å². The Morgan fingerprint density at radius 1 is 1.29 bits per heavy atom. The van der Waals surface area contributed by atoms with E-state index in [1.807, 2.05) is 20.8 Å². The van der Waals surface area contributed by atoms with Crippen LogP contribution in [0.25, 0.3) is 0 Å². The molecular weight excluding hydrogens is 276 g/mol. The third kappa shape index (κ3) is 10.1. The highest BCUT2D eigenvalue weighted by molar-refractivity contribution is 5.76. The van der Waals surface area contributed by atoms with E-state index in [1.165, 1.54) is 12.0 Å². The molecule has 0 fully saturated rings. The molecule has 0 saturated carbocycles. The average Bonchev–Trinajstić information content (AvgIpc) is 2.31. The molecule has 0 radical (unpaired) electrons. The number of ether oxygens (including phenoxy) is 1. The number of carbonyl (C=O) groups excluding carboxylic acids is 1. The molecule has 1 atom stereocenters. The summed E-state index contributed by atoms with van der Waals surface area (Å²) in [5.41, 5.74) is -0.0955. The largest absolute Gasteiger partial charge is 0.481 e. The zero-order valence-electron chi connectivity index (χ0n) is 13.4. The lowest BCUT2D eigenvalue weighted by Crippen LogP contribution is -2.48. The van der Waals surface area contributed by atoms with Gasteiger partial charge in [0.2, 0.25) is 0 Å². The van der Waals surface area contributed by atoms with Crippen molar-refractivity contribution in [2.45, 2.75) is 39.7 Å². The van der Waals surface area contributed by atoms with E-state index in [1.54, 1.807) is 0 Å². The molecule has 0 heterocycles. The number of aliphatic hydroxyl groups excluding tert-OH is 1. The molecule has 1 unspecified atom stereocenters. The van der Waals surface area contributed by atoms with E-state index in [0.29, 0.717) is 19.6 Å². The van der Waals surface area contributed by atoms with Crippen LogP contribution in [0.5, 0.6) is 0 Å². The number of carboxylic acids is 1. The number of hydrogen-bond donors (Lipinski definition) is 3. The standard InChI is InChI=1S/C14H28N2O5/c1-14(2,3)10-11(9-12(18)19)15-13(20)16(5-7-17)6-8-21-4/h11,17H,5-10H2,1-4H3,(H,15,20)(H,18,19). The monoisotopic (exact) mass is 304 g/mol. The first-order chi connectivity index (χ1) is 9.69. The van der Waals surface area contributed by atoms with Gasteiger partial charge in [-0.05, 0) is 11.8 Å². The minimum absolute atomic E-state index is 0.0955. The number of carbonyl (C=O) groups is 2. The summed E-state index contributed by atoms with van der Waals surface area (Å²) in [7, 11) is 1.53. The van der Waals surface area contributed by atoms with Crippen LogP contribution >= 0.6 is 0 Å². The number of amides is 2. The topological polar surface area (TPSA) is 99.1 Å². The minimum atomic E-state index is -0.949. The number of urea groups is 1. The second kappa shape index (κ2) is 9.57. The molecule has 0 aliphatic heterocycles. The maximum atomic E-state index is 12.2. The Bertz CT molecular complexity index is 328. The summed E-state index contributed by atoms with van der Waals surface area (Å²) < 4.78 is 4.92. The molecule has 0 aromatic carbocycles. The number of aliphatic hydroxyl groups is 1. The zero-order chi connectivity index (χ0) is 16.5. The third-order valence-corrected chi connectivity index (χ3v) is 2.83. The quantitative estimate of drug-likeness (QED) is 0.588. The van der Waals surface area contributed by atoms with E-state index in [-0.39, 0.29) is 31.0 Å². The first-order valence-corrected chi connectivity index (χ1v) is 7.06. The van der Waals surface area contributed by atoms with Crippen LogP contribution in [0.15, 0.2) is 0 Å². The first-order valence-electron chi connectivity index (χ1n) is 7.06. The van der Waals surface area contributed by atoms with E-state index in [0.717, 1.165) is 0 Å². The Balaban J connectivity index is 4.69. The van der Waals surface area contributed by atoms with Crippen molar-refractivity contribution in [1.29, 1.82) is 0 Å². The molecule has 0 spiro atoms. The van der Waals surface area contributed by atoms with Gasteiger partial charge in [-0.15, -0.1) is 0 Å². The number of nitrogens with zero attached hydrogens (tertiary/aromatic N) is 1. The minimum Gasteiger partial charge on any atom is -0.481 e. The van der Waals surface area contributed by atoms with Crippen LogP contribution in [0, 0.1) is 5.41 Å². The second-order valence-corrected chi connectivity index (χ2v) is 6.21. The lowest BCUT2D eigenvalue weighted by atomic mass is 9.87. The summed E-state index contributed by atoms with van der Waals surface area (Å²) in [4.78, 5) is 24.5. The Hall–Kier alpha value is -1.34. The third-order valence-electron chi connectivity index (χ3n) is 2.83. The Morgan fingerprint density at radius 2 is 1.90 bits per heavy atom. The molecule has 0 aliphatic carbocycles. The molecule has 0 aromatic rings. The van der Waals surface area contributed by atoms with Crippen LogP contribution in [0.3, 0.4) is 0 Å². The van der Waals surface area contributed by atoms with E-state index in [2.05, 4.69) is 5.32 Å². The van der Waals surface area contributed by atoms with Crippen molar-refractivity contribution < 1.29 is 24.5 Å². The molecule has 0 saturated heterocycles. The Morgan fingerprint density at radius 3 is 2.33 bits per heavy atom. The molecule has 0 aromatic heterocycles. The molecule has 3 N–H and O–H groups in total. The van der Waals surface area contributed by atoms with Gasteiger partial charge in [0.25, 0.3) is 0 Å². The van der Waals surface area contributed by atoms with Gasteiger partial charge >= 0.3 is 12.0 Å². The summed E-state index contributed by atoms with van der Waals surface area (Å²) in [5, 5.41) is 20.7. The van der Waals surface area contributed by atoms with Crippen LogP contribution in [0.2, 0.25) is 0 Å². The van der Waals surface area contributed by atoms with Crippen LogP contribution in [0.4, 0.5) is 4.79 Å². The number of rotatable bonds is 9. The van der Waals surface area contributed by atoms with E-state index >= 15 is 0 Å². The Kier molecular flexibility index (Phi) is 8.96. The SMILES string of the molecule is COCCN(CCO)C(=O)NC(CC(=O)O)CC(C)(C)C. The molecule has 7 nitrogen and oxygen atoms in total. The summed E-state index contributed by atoms with van der Waals surface area (Å²) in [6.45, 7) is 6.71. The lowest BCUT2D eigenvalue weighted by molar-refractivity contribution is -0.137. The normalized spacial score (nSPS) is 12.8. The van der Waals surface area contributed by atoms with Gasteiger partial charge in [0.15, 0.2) is 0 Å². The Labute approximate surface area is 126 Å².